The molecule has 0 spiro atoms. The van der Waals surface area contributed by atoms with Gasteiger partial charge in [-0.05, 0) is 41.8 Å². The molecule has 0 heterocycles. The van der Waals surface area contributed by atoms with Crippen molar-refractivity contribution in [1.29, 1.82) is 5.41 Å². The lowest BCUT2D eigenvalue weighted by Gasteiger charge is -2.21. The van der Waals surface area contributed by atoms with E-state index in [1.54, 1.807) is 24.1 Å². The highest BCUT2D eigenvalue weighted by Gasteiger charge is 2.14. The Bertz CT molecular complexity index is 757. The molecule has 24 heavy (non-hydrogen) atoms. The number of hydrogen-bond acceptors (Lipinski definition) is 2. The zero-order chi connectivity index (χ0) is 17.9. The van der Waals surface area contributed by atoms with E-state index in [2.05, 4.69) is 19.2 Å². The van der Waals surface area contributed by atoms with Gasteiger partial charge in [0.25, 0.3) is 5.91 Å². The average Bonchev–Trinajstić information content (AvgIpc) is 2.56. The van der Waals surface area contributed by atoms with Gasteiger partial charge in [0, 0.05) is 18.3 Å². The molecule has 126 valence electrons. The van der Waals surface area contributed by atoms with Crippen molar-refractivity contribution in [3.63, 3.8) is 0 Å². The second kappa shape index (κ2) is 7.69. The average molecular weight is 364 g/mol. The van der Waals surface area contributed by atoms with Crippen LogP contribution in [0.5, 0.6) is 0 Å². The van der Waals surface area contributed by atoms with Gasteiger partial charge in [-0.2, -0.15) is 0 Å². The summed E-state index contributed by atoms with van der Waals surface area (Å²) in [4.78, 5) is 13.8. The lowest BCUT2D eigenvalue weighted by atomic mass is 10.0. The molecule has 2 N–H and O–H groups in total. The molecule has 0 aliphatic rings. The van der Waals surface area contributed by atoms with Gasteiger partial charge in [-0.15, -0.1) is 0 Å². The van der Waals surface area contributed by atoms with E-state index in [0.29, 0.717) is 21.5 Å². The fourth-order valence-corrected chi connectivity index (χ4v) is 2.41. The molecule has 1 amide bonds. The first-order valence-corrected chi connectivity index (χ1v) is 8.24. The molecule has 6 heteroatoms. The number of hydrogen-bond donors (Lipinski definition) is 2. The largest absolute Gasteiger partial charge is 0.316 e. The lowest BCUT2D eigenvalue weighted by Crippen LogP contribution is -2.41. The fraction of sp³-hybridized carbons (Fsp3) is 0.222. The maximum absolute atomic E-state index is 12.2. The molecule has 0 saturated heterocycles. The van der Waals surface area contributed by atoms with Crippen LogP contribution in [-0.4, -0.2) is 18.9 Å². The summed E-state index contributed by atoms with van der Waals surface area (Å²) in [6.07, 6.45) is 0. The normalized spacial score (nSPS) is 10.6. The Balaban J connectivity index is 2.07. The Morgan fingerprint density at radius 1 is 1.08 bits per heavy atom. The summed E-state index contributed by atoms with van der Waals surface area (Å²) in [5.41, 5.74) is 2.38. The number of halogens is 2. The van der Waals surface area contributed by atoms with E-state index in [9.17, 15) is 4.79 Å². The SMILES string of the molecule is CC(C)c1ccc(N(C)C(=N)NC(=O)c2ccc(Cl)c(Cl)c2)cc1. The molecular formula is C18H19Cl2N3O. The van der Waals surface area contributed by atoms with Crippen molar-refractivity contribution in [2.24, 2.45) is 0 Å². The van der Waals surface area contributed by atoms with Gasteiger partial charge in [-0.25, -0.2) is 0 Å². The summed E-state index contributed by atoms with van der Waals surface area (Å²) in [7, 11) is 1.72. The fourth-order valence-electron chi connectivity index (χ4n) is 2.11. The van der Waals surface area contributed by atoms with Crippen molar-refractivity contribution in [1.82, 2.24) is 5.32 Å². The standard InChI is InChI=1S/C18H19Cl2N3O/c1-11(2)12-4-7-14(8-5-12)23(3)18(21)22-17(24)13-6-9-15(19)16(20)10-13/h4-11H,1-3H3,(H2,21,22,24). The summed E-state index contributed by atoms with van der Waals surface area (Å²) < 4.78 is 0. The summed E-state index contributed by atoms with van der Waals surface area (Å²) in [5.74, 6) is 0.00532. The minimum absolute atomic E-state index is 0.0247. The van der Waals surface area contributed by atoms with Crippen LogP contribution in [0.2, 0.25) is 10.0 Å². The first kappa shape index (κ1) is 18.3. The minimum atomic E-state index is -0.413. The molecule has 0 unspecified atom stereocenters. The molecule has 4 nitrogen and oxygen atoms in total. The molecule has 0 radical (unpaired) electrons. The highest BCUT2D eigenvalue weighted by molar-refractivity contribution is 6.42. The molecule has 0 saturated carbocycles. The number of anilines is 1. The monoisotopic (exact) mass is 363 g/mol. The van der Waals surface area contributed by atoms with Crippen LogP contribution < -0.4 is 10.2 Å². The van der Waals surface area contributed by atoms with Crippen LogP contribution in [0.25, 0.3) is 0 Å². The quantitative estimate of drug-likeness (QED) is 0.600. The number of rotatable bonds is 3. The van der Waals surface area contributed by atoms with Crippen molar-refractivity contribution < 1.29 is 4.79 Å². The van der Waals surface area contributed by atoms with Crippen LogP contribution in [0.4, 0.5) is 5.69 Å². The summed E-state index contributed by atoms with van der Waals surface area (Å²) >= 11 is 11.8. The Labute approximate surface area is 151 Å². The minimum Gasteiger partial charge on any atom is -0.316 e. The molecule has 0 bridgehead atoms. The topological polar surface area (TPSA) is 56.2 Å². The third kappa shape index (κ3) is 4.28. The Kier molecular flexibility index (Phi) is 5.86. The molecule has 2 aromatic carbocycles. The van der Waals surface area contributed by atoms with E-state index in [1.165, 1.54) is 11.6 Å². The predicted octanol–water partition coefficient (Wildman–Crippen LogP) is 4.92. The number of benzene rings is 2. The van der Waals surface area contributed by atoms with Gasteiger partial charge >= 0.3 is 0 Å². The van der Waals surface area contributed by atoms with Crippen molar-refractivity contribution >= 4 is 40.8 Å². The zero-order valence-corrected chi connectivity index (χ0v) is 15.2. The van der Waals surface area contributed by atoms with Gasteiger partial charge in [0.1, 0.15) is 0 Å². The van der Waals surface area contributed by atoms with Crippen molar-refractivity contribution in [2.75, 3.05) is 11.9 Å². The van der Waals surface area contributed by atoms with Crippen molar-refractivity contribution in [3.05, 3.63) is 63.6 Å². The lowest BCUT2D eigenvalue weighted by molar-refractivity contribution is 0.0976. The maximum Gasteiger partial charge on any atom is 0.258 e. The number of nitrogens with one attached hydrogen (secondary N) is 2. The molecule has 0 aliphatic carbocycles. The van der Waals surface area contributed by atoms with E-state index >= 15 is 0 Å². The van der Waals surface area contributed by atoms with Crippen LogP contribution in [-0.2, 0) is 0 Å². The smallest absolute Gasteiger partial charge is 0.258 e. The summed E-state index contributed by atoms with van der Waals surface area (Å²) in [6.45, 7) is 4.25. The number of amides is 1. The molecular weight excluding hydrogens is 345 g/mol. The highest BCUT2D eigenvalue weighted by Crippen LogP contribution is 2.23. The second-order valence-corrected chi connectivity index (χ2v) is 6.55. The van der Waals surface area contributed by atoms with Gasteiger partial charge in [-0.1, -0.05) is 49.2 Å². The van der Waals surface area contributed by atoms with Crippen LogP contribution in [0.1, 0.15) is 35.7 Å². The van der Waals surface area contributed by atoms with Crippen molar-refractivity contribution in [3.8, 4) is 0 Å². The van der Waals surface area contributed by atoms with E-state index < -0.39 is 5.91 Å². The van der Waals surface area contributed by atoms with Gasteiger partial charge in [0.2, 0.25) is 5.96 Å². The van der Waals surface area contributed by atoms with Crippen LogP contribution >= 0.6 is 23.2 Å². The summed E-state index contributed by atoms with van der Waals surface area (Å²) in [6, 6.07) is 12.5. The number of guanidine groups is 1. The second-order valence-electron chi connectivity index (χ2n) is 5.74. The van der Waals surface area contributed by atoms with E-state index in [1.807, 2.05) is 24.3 Å². The van der Waals surface area contributed by atoms with E-state index in [4.69, 9.17) is 28.6 Å². The third-order valence-electron chi connectivity index (χ3n) is 3.70. The number of carbonyl (C=O) groups is 1. The molecule has 0 aromatic heterocycles. The van der Waals surface area contributed by atoms with Gasteiger partial charge in [-0.3, -0.25) is 15.5 Å². The van der Waals surface area contributed by atoms with Crippen LogP contribution in [0.15, 0.2) is 42.5 Å². The highest BCUT2D eigenvalue weighted by atomic mass is 35.5. The third-order valence-corrected chi connectivity index (χ3v) is 4.44. The van der Waals surface area contributed by atoms with E-state index in [0.717, 1.165) is 5.69 Å². The van der Waals surface area contributed by atoms with Crippen molar-refractivity contribution in [2.45, 2.75) is 19.8 Å². The van der Waals surface area contributed by atoms with Crippen LogP contribution in [0.3, 0.4) is 0 Å². The molecule has 0 atom stereocenters. The zero-order valence-electron chi connectivity index (χ0n) is 13.7. The molecule has 0 aliphatic heterocycles. The Morgan fingerprint density at radius 3 is 2.25 bits per heavy atom. The Hall–Kier alpha value is -2.04. The molecule has 0 fully saturated rings. The predicted molar refractivity (Wildman–Crippen MR) is 101 cm³/mol. The van der Waals surface area contributed by atoms with Gasteiger partial charge in [0.15, 0.2) is 0 Å². The van der Waals surface area contributed by atoms with Crippen LogP contribution in [0, 0.1) is 5.41 Å². The molecule has 2 aromatic rings. The first-order chi connectivity index (χ1) is 11.3. The maximum atomic E-state index is 12.2. The Morgan fingerprint density at radius 2 is 1.71 bits per heavy atom. The van der Waals surface area contributed by atoms with Gasteiger partial charge in [0.05, 0.1) is 10.0 Å². The van der Waals surface area contributed by atoms with Gasteiger partial charge < -0.3 is 4.90 Å². The molecule has 2 rings (SSSR count). The summed E-state index contributed by atoms with van der Waals surface area (Å²) in [5, 5.41) is 11.3. The number of carbonyl (C=O) groups excluding carboxylic acids is 1. The van der Waals surface area contributed by atoms with E-state index in [-0.39, 0.29) is 5.96 Å². The first-order valence-electron chi connectivity index (χ1n) is 7.48. The number of nitrogens with zero attached hydrogens (tertiary/aromatic N) is 1.